The van der Waals surface area contributed by atoms with E-state index in [0.29, 0.717) is 0 Å². The molecule has 0 N–H and O–H groups in total. The van der Waals surface area contributed by atoms with Crippen molar-refractivity contribution >= 4 is 11.6 Å². The molecule has 3 rings (SSSR count). The first-order chi connectivity index (χ1) is 10.5. The number of amides is 1. The minimum Gasteiger partial charge on any atom is -0.314 e. The fourth-order valence-corrected chi connectivity index (χ4v) is 3.47. The zero-order valence-corrected chi connectivity index (χ0v) is 13.0. The van der Waals surface area contributed by atoms with Gasteiger partial charge in [0.05, 0.1) is 16.9 Å². The molecule has 22 heavy (non-hydrogen) atoms. The third-order valence-corrected chi connectivity index (χ3v) is 5.11. The van der Waals surface area contributed by atoms with E-state index in [0.717, 1.165) is 16.8 Å². The first kappa shape index (κ1) is 14.3. The summed E-state index contributed by atoms with van der Waals surface area (Å²) in [6.45, 7) is 3.74. The first-order valence-electron chi connectivity index (χ1n) is 7.31. The minimum atomic E-state index is -0.938. The van der Waals surface area contributed by atoms with Crippen molar-refractivity contribution in [1.29, 1.82) is 5.26 Å². The van der Waals surface area contributed by atoms with Crippen LogP contribution in [0.25, 0.3) is 0 Å². The van der Waals surface area contributed by atoms with Gasteiger partial charge in [-0.25, -0.2) is 0 Å². The number of likely N-dealkylation sites (N-methyl/N-ethyl adjacent to an activating group) is 1. The molecule has 0 unspecified atom stereocenters. The molecule has 2 aromatic rings. The predicted octanol–water partition coefficient (Wildman–Crippen LogP) is 3.40. The van der Waals surface area contributed by atoms with Crippen LogP contribution >= 0.6 is 0 Å². The van der Waals surface area contributed by atoms with E-state index in [1.165, 1.54) is 0 Å². The zero-order chi connectivity index (χ0) is 16.0. The molecule has 0 aromatic heterocycles. The van der Waals surface area contributed by atoms with Crippen LogP contribution in [0.1, 0.15) is 25.0 Å². The average Bonchev–Trinajstić information content (AvgIpc) is 2.78. The third kappa shape index (κ3) is 1.58. The van der Waals surface area contributed by atoms with E-state index >= 15 is 0 Å². The molecular weight excluding hydrogens is 272 g/mol. The molecule has 110 valence electrons. The van der Waals surface area contributed by atoms with E-state index in [1.54, 1.807) is 11.9 Å². The van der Waals surface area contributed by atoms with Gasteiger partial charge in [0.1, 0.15) is 0 Å². The van der Waals surface area contributed by atoms with Crippen LogP contribution in [0.4, 0.5) is 5.69 Å². The van der Waals surface area contributed by atoms with Crippen molar-refractivity contribution < 1.29 is 4.79 Å². The second-order valence-corrected chi connectivity index (χ2v) is 6.11. The standard InChI is InChI=1S/C19H18N2O/c1-18(13-20,14-9-5-4-6-10-14)19(2)15-11-7-8-12-16(15)21(3)17(19)22/h4-12H,1-3H3/t18-,19+/m0/s1. The number of hydrogen-bond donors (Lipinski definition) is 0. The van der Waals surface area contributed by atoms with E-state index < -0.39 is 10.8 Å². The van der Waals surface area contributed by atoms with Gasteiger partial charge >= 0.3 is 0 Å². The molecule has 0 aliphatic carbocycles. The van der Waals surface area contributed by atoms with Crippen LogP contribution in [-0.2, 0) is 15.6 Å². The van der Waals surface area contributed by atoms with E-state index in [9.17, 15) is 10.1 Å². The van der Waals surface area contributed by atoms with Crippen molar-refractivity contribution in [2.24, 2.45) is 0 Å². The lowest BCUT2D eigenvalue weighted by atomic mass is 9.60. The number of anilines is 1. The minimum absolute atomic E-state index is 0.0402. The number of benzene rings is 2. The summed E-state index contributed by atoms with van der Waals surface area (Å²) < 4.78 is 0. The second kappa shape index (κ2) is 4.71. The van der Waals surface area contributed by atoms with Crippen LogP contribution in [0, 0.1) is 11.3 Å². The lowest BCUT2D eigenvalue weighted by Crippen LogP contribution is -2.50. The number of para-hydroxylation sites is 1. The number of hydrogen-bond acceptors (Lipinski definition) is 2. The van der Waals surface area contributed by atoms with Gasteiger partial charge in [-0.1, -0.05) is 48.5 Å². The molecule has 0 radical (unpaired) electrons. The Morgan fingerprint density at radius 1 is 1.09 bits per heavy atom. The Morgan fingerprint density at radius 3 is 2.32 bits per heavy atom. The topological polar surface area (TPSA) is 44.1 Å². The number of nitriles is 1. The predicted molar refractivity (Wildman–Crippen MR) is 86.6 cm³/mol. The molecule has 0 saturated heterocycles. The summed E-state index contributed by atoms with van der Waals surface area (Å²) in [7, 11) is 1.77. The Labute approximate surface area is 130 Å². The van der Waals surface area contributed by atoms with Crippen LogP contribution in [0.3, 0.4) is 0 Å². The van der Waals surface area contributed by atoms with Crippen LogP contribution in [-0.4, -0.2) is 13.0 Å². The molecule has 1 amide bonds. The summed E-state index contributed by atoms with van der Waals surface area (Å²) in [6, 6.07) is 19.7. The number of carbonyl (C=O) groups is 1. The average molecular weight is 290 g/mol. The lowest BCUT2D eigenvalue weighted by molar-refractivity contribution is -0.123. The Morgan fingerprint density at radius 2 is 1.68 bits per heavy atom. The Bertz CT molecular complexity index is 778. The van der Waals surface area contributed by atoms with Gasteiger partial charge in [-0.3, -0.25) is 4.79 Å². The van der Waals surface area contributed by atoms with Crippen LogP contribution in [0.2, 0.25) is 0 Å². The lowest BCUT2D eigenvalue weighted by Gasteiger charge is -2.38. The van der Waals surface area contributed by atoms with Gasteiger partial charge in [-0.2, -0.15) is 5.26 Å². The monoisotopic (exact) mass is 290 g/mol. The SMILES string of the molecule is CN1C(=O)[C@](C)([C@@](C)(C#N)c2ccccc2)c2ccccc21. The van der Waals surface area contributed by atoms with Crippen molar-refractivity contribution in [1.82, 2.24) is 0 Å². The van der Waals surface area contributed by atoms with Crippen LogP contribution in [0.5, 0.6) is 0 Å². The van der Waals surface area contributed by atoms with Crippen LogP contribution < -0.4 is 4.90 Å². The molecule has 1 aliphatic rings. The van der Waals surface area contributed by atoms with E-state index in [1.807, 2.05) is 68.4 Å². The fraction of sp³-hybridized carbons (Fsp3) is 0.263. The summed E-state index contributed by atoms with van der Waals surface area (Å²) in [6.07, 6.45) is 0. The van der Waals surface area contributed by atoms with Gasteiger partial charge in [-0.15, -0.1) is 0 Å². The summed E-state index contributed by atoms with van der Waals surface area (Å²) in [5, 5.41) is 9.97. The quantitative estimate of drug-likeness (QED) is 0.851. The summed E-state index contributed by atoms with van der Waals surface area (Å²) in [5.41, 5.74) is 0.807. The van der Waals surface area contributed by atoms with Crippen molar-refractivity contribution in [2.75, 3.05) is 11.9 Å². The van der Waals surface area contributed by atoms with Crippen LogP contribution in [0.15, 0.2) is 54.6 Å². The van der Waals surface area contributed by atoms with Gasteiger partial charge in [0.2, 0.25) is 5.91 Å². The molecule has 0 fully saturated rings. The van der Waals surface area contributed by atoms with E-state index in [2.05, 4.69) is 6.07 Å². The van der Waals surface area contributed by atoms with Gasteiger partial charge in [0.15, 0.2) is 0 Å². The highest BCUT2D eigenvalue weighted by Crippen LogP contribution is 2.52. The van der Waals surface area contributed by atoms with Gasteiger partial charge < -0.3 is 4.90 Å². The van der Waals surface area contributed by atoms with Crippen molar-refractivity contribution in [3.05, 3.63) is 65.7 Å². The maximum atomic E-state index is 13.0. The van der Waals surface area contributed by atoms with Crippen molar-refractivity contribution in [2.45, 2.75) is 24.7 Å². The fourth-order valence-electron chi connectivity index (χ4n) is 3.47. The Hall–Kier alpha value is -2.60. The van der Waals surface area contributed by atoms with Gasteiger partial charge in [0.25, 0.3) is 0 Å². The molecule has 0 saturated carbocycles. The molecule has 2 atom stereocenters. The Balaban J connectivity index is 2.30. The zero-order valence-electron chi connectivity index (χ0n) is 13.0. The molecule has 3 heteroatoms. The molecule has 3 nitrogen and oxygen atoms in total. The maximum Gasteiger partial charge on any atom is 0.239 e. The normalized spacial score (nSPS) is 22.8. The Kier molecular flexibility index (Phi) is 3.07. The maximum absolute atomic E-state index is 13.0. The highest BCUT2D eigenvalue weighted by Gasteiger charge is 2.58. The first-order valence-corrected chi connectivity index (χ1v) is 7.31. The molecule has 2 aromatic carbocycles. The second-order valence-electron chi connectivity index (χ2n) is 6.11. The number of nitrogens with zero attached hydrogens (tertiary/aromatic N) is 2. The summed E-state index contributed by atoms with van der Waals surface area (Å²) in [5.74, 6) is -0.0402. The summed E-state index contributed by atoms with van der Waals surface area (Å²) >= 11 is 0. The highest BCUT2D eigenvalue weighted by molar-refractivity contribution is 6.09. The number of carbonyl (C=O) groups excluding carboxylic acids is 1. The van der Waals surface area contributed by atoms with Crippen molar-refractivity contribution in [3.63, 3.8) is 0 Å². The highest BCUT2D eigenvalue weighted by atomic mass is 16.2. The molecule has 0 spiro atoms. The van der Waals surface area contributed by atoms with E-state index in [-0.39, 0.29) is 5.91 Å². The molecule has 1 heterocycles. The van der Waals surface area contributed by atoms with Crippen molar-refractivity contribution in [3.8, 4) is 6.07 Å². The number of fused-ring (bicyclic) bond motifs is 1. The summed E-state index contributed by atoms with van der Waals surface area (Å²) in [4.78, 5) is 14.7. The van der Waals surface area contributed by atoms with E-state index in [4.69, 9.17) is 0 Å². The third-order valence-electron chi connectivity index (χ3n) is 5.11. The molecule has 0 bridgehead atoms. The molecule has 1 aliphatic heterocycles. The van der Waals surface area contributed by atoms with Gasteiger partial charge in [-0.05, 0) is 31.0 Å². The van der Waals surface area contributed by atoms with Gasteiger partial charge in [0, 0.05) is 12.7 Å². The molecular formula is C19H18N2O. The largest absolute Gasteiger partial charge is 0.314 e. The number of rotatable bonds is 2. The smallest absolute Gasteiger partial charge is 0.239 e.